The number of benzene rings is 1. The van der Waals surface area contributed by atoms with Crippen molar-refractivity contribution in [1.29, 1.82) is 0 Å². The number of hydrogen-bond donors (Lipinski definition) is 2. The molecule has 0 unspecified atom stereocenters. The van der Waals surface area contributed by atoms with Gasteiger partial charge in [-0.2, -0.15) is 0 Å². The third-order valence-corrected chi connectivity index (χ3v) is 8.80. The number of β-amino-alcohol motifs (C(OH)–C–C–N with tert-alkyl or cyclic N) is 1. The van der Waals surface area contributed by atoms with Crippen LogP contribution in [0.4, 0.5) is 0 Å². The second kappa shape index (κ2) is 12.8. The maximum atomic E-state index is 14.2. The van der Waals surface area contributed by atoms with Crippen LogP contribution in [0.25, 0.3) is 0 Å². The van der Waals surface area contributed by atoms with Gasteiger partial charge < -0.3 is 29.7 Å². The normalized spacial score (nSPS) is 34.0. The van der Waals surface area contributed by atoms with Gasteiger partial charge in [0.05, 0.1) is 24.7 Å². The number of fused-ring (bicyclic) bond motifs is 2. The molecule has 1 spiro atoms. The molecule has 42 heavy (non-hydrogen) atoms. The van der Waals surface area contributed by atoms with Crippen LogP contribution in [0.2, 0.25) is 0 Å². The van der Waals surface area contributed by atoms with Gasteiger partial charge in [0.1, 0.15) is 23.7 Å². The Balaban J connectivity index is 1.55. The average Bonchev–Trinajstić information content (AvgIpc) is 3.36. The summed E-state index contributed by atoms with van der Waals surface area (Å²) in [6, 6.07) is 7.63. The first kappa shape index (κ1) is 30.0. The Morgan fingerprint density at radius 3 is 2.57 bits per heavy atom. The number of aliphatic hydroxyl groups excluding tert-OH is 1. The molecule has 0 saturated carbocycles. The summed E-state index contributed by atoms with van der Waals surface area (Å²) in [5, 5.41) is 12.8. The van der Waals surface area contributed by atoms with Crippen LogP contribution in [0.5, 0.6) is 0 Å². The summed E-state index contributed by atoms with van der Waals surface area (Å²) in [7, 11) is 0. The Morgan fingerprint density at radius 1 is 1.05 bits per heavy atom. The SMILES string of the molecule is CCCCCN1CC=C[C@@]23O[C@H]4/C=C\CCC(=O)N[C@@H](C)[C@H](c5ccccc5)OC(=O)[C@H]4[C@@H]2C(=O)N(CCO)[C@H]3C1=O. The Bertz CT molecular complexity index is 1230. The fourth-order valence-electron chi connectivity index (χ4n) is 6.85. The number of unbranched alkanes of at least 4 members (excludes halogenated alkanes) is 2. The predicted molar refractivity (Wildman–Crippen MR) is 154 cm³/mol. The van der Waals surface area contributed by atoms with Gasteiger partial charge in [0, 0.05) is 26.1 Å². The summed E-state index contributed by atoms with van der Waals surface area (Å²) < 4.78 is 12.8. The highest BCUT2D eigenvalue weighted by Crippen LogP contribution is 2.53. The molecule has 0 aromatic heterocycles. The topological polar surface area (TPSA) is 125 Å². The van der Waals surface area contributed by atoms with Gasteiger partial charge in [-0.15, -0.1) is 0 Å². The van der Waals surface area contributed by atoms with Gasteiger partial charge >= 0.3 is 5.97 Å². The number of amides is 3. The number of nitrogens with zero attached hydrogens (tertiary/aromatic N) is 2. The molecule has 10 heteroatoms. The second-order valence-corrected chi connectivity index (χ2v) is 11.6. The van der Waals surface area contributed by atoms with Crippen molar-refractivity contribution in [3.8, 4) is 0 Å². The fraction of sp³-hybridized carbons (Fsp3) is 0.562. The molecule has 5 rings (SSSR count). The van der Waals surface area contributed by atoms with Crippen LogP contribution in [0.3, 0.4) is 0 Å². The largest absolute Gasteiger partial charge is 0.455 e. The van der Waals surface area contributed by atoms with Crippen molar-refractivity contribution in [3.63, 3.8) is 0 Å². The highest BCUT2D eigenvalue weighted by Gasteiger charge is 2.71. The molecule has 226 valence electrons. The molecule has 7 atom stereocenters. The third kappa shape index (κ3) is 5.49. The summed E-state index contributed by atoms with van der Waals surface area (Å²) >= 11 is 0. The molecule has 2 N–H and O–H groups in total. The number of hydrogen-bond acceptors (Lipinski definition) is 7. The quantitative estimate of drug-likeness (QED) is 0.289. The predicted octanol–water partition coefficient (Wildman–Crippen LogP) is 2.29. The maximum Gasteiger partial charge on any atom is 0.313 e. The van der Waals surface area contributed by atoms with E-state index in [1.165, 1.54) is 4.90 Å². The summed E-state index contributed by atoms with van der Waals surface area (Å²) in [5.74, 6) is -3.51. The molecule has 4 aliphatic heterocycles. The van der Waals surface area contributed by atoms with Crippen molar-refractivity contribution < 1.29 is 33.8 Å². The van der Waals surface area contributed by atoms with Crippen molar-refractivity contribution >= 4 is 23.7 Å². The number of ether oxygens (including phenoxy) is 2. The van der Waals surface area contributed by atoms with E-state index in [2.05, 4.69) is 12.2 Å². The van der Waals surface area contributed by atoms with Crippen molar-refractivity contribution in [1.82, 2.24) is 15.1 Å². The molecule has 2 fully saturated rings. The highest BCUT2D eigenvalue weighted by atomic mass is 16.6. The van der Waals surface area contributed by atoms with E-state index in [0.29, 0.717) is 25.1 Å². The minimum Gasteiger partial charge on any atom is -0.455 e. The van der Waals surface area contributed by atoms with Crippen molar-refractivity contribution in [3.05, 3.63) is 60.2 Å². The molecule has 0 radical (unpaired) electrons. The van der Waals surface area contributed by atoms with Gasteiger partial charge in [0.2, 0.25) is 17.7 Å². The molecular formula is C32H41N3O7. The highest BCUT2D eigenvalue weighted by molar-refractivity contribution is 5.99. The van der Waals surface area contributed by atoms with E-state index in [1.807, 2.05) is 36.4 Å². The van der Waals surface area contributed by atoms with Crippen LogP contribution in [0.1, 0.15) is 57.6 Å². The first-order chi connectivity index (χ1) is 20.3. The van der Waals surface area contributed by atoms with Crippen molar-refractivity contribution in [2.75, 3.05) is 26.2 Å². The van der Waals surface area contributed by atoms with Crippen molar-refractivity contribution in [2.45, 2.75) is 75.8 Å². The van der Waals surface area contributed by atoms with E-state index in [4.69, 9.17) is 9.47 Å². The lowest BCUT2D eigenvalue weighted by Crippen LogP contribution is -2.55. The number of carbonyl (C=O) groups excluding carboxylic acids is 4. The van der Waals surface area contributed by atoms with E-state index in [0.717, 1.165) is 19.3 Å². The first-order valence-electron chi connectivity index (χ1n) is 15.1. The monoisotopic (exact) mass is 579 g/mol. The molecule has 0 bridgehead atoms. The Labute approximate surface area is 246 Å². The maximum absolute atomic E-state index is 14.2. The van der Waals surface area contributed by atoms with Gasteiger partial charge in [0.15, 0.2) is 0 Å². The Morgan fingerprint density at radius 2 is 1.83 bits per heavy atom. The summed E-state index contributed by atoms with van der Waals surface area (Å²) in [5.41, 5.74) is -0.690. The zero-order valence-corrected chi connectivity index (χ0v) is 24.3. The van der Waals surface area contributed by atoms with Crippen LogP contribution in [-0.4, -0.2) is 88.6 Å². The summed E-state index contributed by atoms with van der Waals surface area (Å²) in [4.78, 5) is 58.1. The van der Waals surface area contributed by atoms with Gasteiger partial charge in [0.25, 0.3) is 0 Å². The zero-order valence-electron chi connectivity index (χ0n) is 24.3. The van der Waals surface area contributed by atoms with Crippen LogP contribution >= 0.6 is 0 Å². The van der Waals surface area contributed by atoms with Crippen LogP contribution in [0, 0.1) is 11.8 Å². The van der Waals surface area contributed by atoms with E-state index < -0.39 is 53.6 Å². The van der Waals surface area contributed by atoms with E-state index >= 15 is 0 Å². The molecule has 10 nitrogen and oxygen atoms in total. The van der Waals surface area contributed by atoms with Gasteiger partial charge in [-0.3, -0.25) is 19.2 Å². The smallest absolute Gasteiger partial charge is 0.313 e. The lowest BCUT2D eigenvalue weighted by atomic mass is 9.77. The van der Waals surface area contributed by atoms with Crippen LogP contribution < -0.4 is 5.32 Å². The van der Waals surface area contributed by atoms with Crippen LogP contribution in [0.15, 0.2) is 54.6 Å². The van der Waals surface area contributed by atoms with E-state index in [1.54, 1.807) is 30.1 Å². The number of cyclic esters (lactones) is 1. The number of likely N-dealkylation sites (tertiary alicyclic amines) is 1. The molecule has 0 aliphatic carbocycles. The molecular weight excluding hydrogens is 538 g/mol. The standard InChI is InChI=1S/C32H41N3O7/c1-3-4-10-17-34-18-11-16-32-26(29(38)35(19-20-36)28(32)30(34)39)25-23(42-32)14-8-9-15-24(37)33-21(2)27(41-31(25)40)22-12-6-5-7-13-22/h5-8,11-14,16,21,23,25-28,36H,3-4,9-10,15,17-20H2,1-2H3,(H,33,37)/b14-8-/t21-,23-,25+,26+,27+,28-,32+/m0/s1. The van der Waals surface area contributed by atoms with Crippen LogP contribution in [-0.2, 0) is 28.7 Å². The molecule has 1 aromatic rings. The van der Waals surface area contributed by atoms with Gasteiger partial charge in [-0.1, -0.05) is 74.4 Å². The summed E-state index contributed by atoms with van der Waals surface area (Å²) in [6.45, 7) is 4.41. The average molecular weight is 580 g/mol. The van der Waals surface area contributed by atoms with E-state index in [-0.39, 0.29) is 31.4 Å². The van der Waals surface area contributed by atoms with Gasteiger partial charge in [-0.25, -0.2) is 0 Å². The fourth-order valence-corrected chi connectivity index (χ4v) is 6.85. The zero-order chi connectivity index (χ0) is 29.9. The molecule has 1 aromatic carbocycles. The van der Waals surface area contributed by atoms with Gasteiger partial charge in [-0.05, 0) is 25.3 Å². The molecule has 4 heterocycles. The summed E-state index contributed by atoms with van der Waals surface area (Å²) in [6.07, 6.45) is 8.96. The number of aliphatic hydroxyl groups is 1. The lowest BCUT2D eigenvalue weighted by molar-refractivity contribution is -0.161. The minimum absolute atomic E-state index is 0.0501. The number of carbonyl (C=O) groups is 4. The lowest BCUT2D eigenvalue weighted by Gasteiger charge is -2.35. The second-order valence-electron chi connectivity index (χ2n) is 11.6. The minimum atomic E-state index is -1.40. The third-order valence-electron chi connectivity index (χ3n) is 8.80. The Kier molecular flexibility index (Phi) is 9.13. The molecule has 2 saturated heterocycles. The Hall–Kier alpha value is -3.50. The van der Waals surface area contributed by atoms with Crippen molar-refractivity contribution in [2.24, 2.45) is 11.8 Å². The number of esters is 1. The number of nitrogens with one attached hydrogen (secondary N) is 1. The number of rotatable bonds is 7. The molecule has 3 amide bonds. The number of allylic oxidation sites excluding steroid dienone is 1. The first-order valence-corrected chi connectivity index (χ1v) is 15.1. The molecule has 4 aliphatic rings. The van der Waals surface area contributed by atoms with E-state index in [9.17, 15) is 24.3 Å².